The molecule has 16 heavy (non-hydrogen) atoms. The average molecular weight is 223 g/mol. The van der Waals surface area contributed by atoms with Gasteiger partial charge in [-0.05, 0) is 37.5 Å². The van der Waals surface area contributed by atoms with E-state index in [2.05, 4.69) is 5.32 Å². The Hall–Kier alpha value is -0.530. The first-order valence-electron chi connectivity index (χ1n) is 7.11. The fourth-order valence-corrected chi connectivity index (χ4v) is 3.72. The van der Waals surface area contributed by atoms with Gasteiger partial charge < -0.3 is 5.32 Å². The first-order valence-corrected chi connectivity index (χ1v) is 7.11. The monoisotopic (exact) mass is 223 g/mol. The van der Waals surface area contributed by atoms with Crippen LogP contribution in [0.1, 0.15) is 64.2 Å². The van der Waals surface area contributed by atoms with Gasteiger partial charge in [0, 0.05) is 6.04 Å². The molecule has 0 radical (unpaired) electrons. The summed E-state index contributed by atoms with van der Waals surface area (Å²) in [6, 6.07) is 0.484. The maximum absolute atomic E-state index is 10.8. The van der Waals surface area contributed by atoms with E-state index >= 15 is 0 Å². The molecule has 0 unspecified atom stereocenters. The highest BCUT2D eigenvalue weighted by Gasteiger charge is 2.30. The third kappa shape index (κ3) is 2.99. The lowest BCUT2D eigenvalue weighted by molar-refractivity contribution is -0.111. The molecule has 1 amide bonds. The molecule has 2 fully saturated rings. The van der Waals surface area contributed by atoms with Gasteiger partial charge in [-0.15, -0.1) is 0 Å². The maximum Gasteiger partial charge on any atom is 0.207 e. The van der Waals surface area contributed by atoms with Crippen LogP contribution < -0.4 is 5.32 Å². The van der Waals surface area contributed by atoms with Crippen LogP contribution in [0.3, 0.4) is 0 Å². The van der Waals surface area contributed by atoms with Crippen molar-refractivity contribution in [3.05, 3.63) is 0 Å². The summed E-state index contributed by atoms with van der Waals surface area (Å²) in [7, 11) is 0. The molecule has 2 aliphatic carbocycles. The quantitative estimate of drug-likeness (QED) is 0.728. The van der Waals surface area contributed by atoms with Crippen molar-refractivity contribution < 1.29 is 4.79 Å². The fourth-order valence-electron chi connectivity index (χ4n) is 3.72. The number of hydrogen-bond acceptors (Lipinski definition) is 1. The molecule has 1 N–H and O–H groups in total. The van der Waals surface area contributed by atoms with Crippen LogP contribution in [0.2, 0.25) is 0 Å². The number of nitrogens with one attached hydrogen (secondary N) is 1. The molecule has 0 spiro atoms. The van der Waals surface area contributed by atoms with E-state index in [0.717, 1.165) is 18.2 Å². The van der Waals surface area contributed by atoms with E-state index in [1.165, 1.54) is 64.2 Å². The van der Waals surface area contributed by atoms with Crippen molar-refractivity contribution in [2.75, 3.05) is 0 Å². The van der Waals surface area contributed by atoms with Gasteiger partial charge >= 0.3 is 0 Å². The summed E-state index contributed by atoms with van der Waals surface area (Å²) in [5.41, 5.74) is 0. The summed E-state index contributed by atoms with van der Waals surface area (Å²) in [6.45, 7) is 0. The van der Waals surface area contributed by atoms with Crippen LogP contribution in [0.25, 0.3) is 0 Å². The Bertz CT molecular complexity index is 187. The Kier molecular flexibility index (Phi) is 4.68. The largest absolute Gasteiger partial charge is 0.355 e. The van der Waals surface area contributed by atoms with Gasteiger partial charge in [0.05, 0.1) is 0 Å². The molecular formula is C14H25NO. The van der Waals surface area contributed by atoms with E-state index in [9.17, 15) is 4.79 Å². The Morgan fingerprint density at radius 3 is 1.62 bits per heavy atom. The van der Waals surface area contributed by atoms with Gasteiger partial charge in [-0.25, -0.2) is 0 Å². The zero-order chi connectivity index (χ0) is 11.2. The second kappa shape index (κ2) is 6.27. The summed E-state index contributed by atoms with van der Waals surface area (Å²) in [6.07, 6.45) is 14.6. The molecule has 92 valence electrons. The van der Waals surface area contributed by atoms with E-state index in [4.69, 9.17) is 0 Å². The third-order valence-corrected chi connectivity index (χ3v) is 4.58. The zero-order valence-corrected chi connectivity index (χ0v) is 10.3. The van der Waals surface area contributed by atoms with Crippen molar-refractivity contribution in [3.63, 3.8) is 0 Å². The summed E-state index contributed by atoms with van der Waals surface area (Å²) in [5, 5.41) is 3.14. The zero-order valence-electron chi connectivity index (χ0n) is 10.3. The Balaban J connectivity index is 1.93. The topological polar surface area (TPSA) is 29.1 Å². The van der Waals surface area contributed by atoms with Gasteiger partial charge in [-0.1, -0.05) is 38.5 Å². The van der Waals surface area contributed by atoms with Crippen LogP contribution >= 0.6 is 0 Å². The van der Waals surface area contributed by atoms with E-state index in [-0.39, 0.29) is 0 Å². The van der Waals surface area contributed by atoms with Gasteiger partial charge in [-0.2, -0.15) is 0 Å². The minimum absolute atomic E-state index is 0.484. The summed E-state index contributed by atoms with van der Waals surface area (Å²) < 4.78 is 0. The fraction of sp³-hybridized carbons (Fsp3) is 0.929. The van der Waals surface area contributed by atoms with Crippen LogP contribution in [0.5, 0.6) is 0 Å². The van der Waals surface area contributed by atoms with E-state index < -0.39 is 0 Å². The molecule has 2 aliphatic rings. The smallest absolute Gasteiger partial charge is 0.207 e. The molecule has 0 saturated heterocycles. The molecule has 2 rings (SSSR count). The van der Waals surface area contributed by atoms with Gasteiger partial charge in [0.2, 0.25) is 6.41 Å². The molecule has 0 atom stereocenters. The minimum atomic E-state index is 0.484. The molecule has 2 nitrogen and oxygen atoms in total. The molecule has 0 bridgehead atoms. The molecular weight excluding hydrogens is 198 g/mol. The lowest BCUT2D eigenvalue weighted by Crippen LogP contribution is -2.43. The van der Waals surface area contributed by atoms with Gasteiger partial charge in [0.1, 0.15) is 0 Å². The molecule has 2 saturated carbocycles. The Morgan fingerprint density at radius 2 is 1.25 bits per heavy atom. The number of carbonyl (C=O) groups is 1. The second-order valence-electron chi connectivity index (χ2n) is 5.61. The Morgan fingerprint density at radius 1 is 0.812 bits per heavy atom. The highest BCUT2D eigenvalue weighted by molar-refractivity contribution is 5.46. The van der Waals surface area contributed by atoms with Crippen LogP contribution in [-0.4, -0.2) is 12.5 Å². The lowest BCUT2D eigenvalue weighted by atomic mass is 9.74. The second-order valence-corrected chi connectivity index (χ2v) is 5.61. The van der Waals surface area contributed by atoms with Crippen molar-refractivity contribution in [1.29, 1.82) is 0 Å². The van der Waals surface area contributed by atoms with Crippen molar-refractivity contribution >= 4 is 6.41 Å². The van der Waals surface area contributed by atoms with Gasteiger partial charge in [0.15, 0.2) is 0 Å². The van der Waals surface area contributed by atoms with Crippen LogP contribution in [0.4, 0.5) is 0 Å². The first-order chi connectivity index (χ1) is 7.92. The molecule has 0 aliphatic heterocycles. The van der Waals surface area contributed by atoms with E-state index in [1.54, 1.807) is 0 Å². The van der Waals surface area contributed by atoms with Crippen LogP contribution in [-0.2, 0) is 4.79 Å². The van der Waals surface area contributed by atoms with Crippen LogP contribution in [0.15, 0.2) is 0 Å². The van der Waals surface area contributed by atoms with Crippen molar-refractivity contribution in [2.24, 2.45) is 11.8 Å². The minimum Gasteiger partial charge on any atom is -0.355 e. The first kappa shape index (κ1) is 11.9. The normalized spacial score (nSPS) is 24.6. The Labute approximate surface area is 99.2 Å². The molecule has 0 heterocycles. The molecule has 2 heteroatoms. The molecule has 0 aromatic rings. The third-order valence-electron chi connectivity index (χ3n) is 4.58. The predicted molar refractivity (Wildman–Crippen MR) is 66.1 cm³/mol. The summed E-state index contributed by atoms with van der Waals surface area (Å²) in [5.74, 6) is 1.53. The van der Waals surface area contributed by atoms with Gasteiger partial charge in [-0.3, -0.25) is 4.79 Å². The number of rotatable bonds is 4. The highest BCUT2D eigenvalue weighted by atomic mass is 16.1. The average Bonchev–Trinajstić information content (AvgIpc) is 2.38. The van der Waals surface area contributed by atoms with Crippen molar-refractivity contribution in [2.45, 2.75) is 70.3 Å². The number of amides is 1. The van der Waals surface area contributed by atoms with Crippen molar-refractivity contribution in [3.8, 4) is 0 Å². The standard InChI is InChI=1S/C14H25NO/c16-11-15-14(12-7-3-1-4-8-12)13-9-5-2-6-10-13/h11-14H,1-10H2,(H,15,16). The van der Waals surface area contributed by atoms with Crippen LogP contribution in [0, 0.1) is 11.8 Å². The lowest BCUT2D eigenvalue weighted by Gasteiger charge is -2.37. The molecule has 0 aromatic carbocycles. The van der Waals surface area contributed by atoms with E-state index in [1.807, 2.05) is 0 Å². The van der Waals surface area contributed by atoms with Crippen molar-refractivity contribution in [1.82, 2.24) is 5.32 Å². The summed E-state index contributed by atoms with van der Waals surface area (Å²) in [4.78, 5) is 10.8. The SMILES string of the molecule is O=CNC(C1CCCCC1)C1CCCCC1. The predicted octanol–water partition coefficient (Wildman–Crippen LogP) is 3.26. The molecule has 0 aromatic heterocycles. The highest BCUT2D eigenvalue weighted by Crippen LogP contribution is 2.35. The number of hydrogen-bond donors (Lipinski definition) is 1. The summed E-state index contributed by atoms with van der Waals surface area (Å²) >= 11 is 0. The van der Waals surface area contributed by atoms with E-state index in [0.29, 0.717) is 6.04 Å². The van der Waals surface area contributed by atoms with Gasteiger partial charge in [0.25, 0.3) is 0 Å². The maximum atomic E-state index is 10.8. The number of carbonyl (C=O) groups excluding carboxylic acids is 1.